The Morgan fingerprint density at radius 1 is 1.13 bits per heavy atom. The molecule has 2 aromatic carbocycles. The molecule has 0 aliphatic carbocycles. The maximum atomic E-state index is 13.3. The van der Waals surface area contributed by atoms with Crippen LogP contribution in [0, 0.1) is 0 Å². The third-order valence-corrected chi connectivity index (χ3v) is 5.47. The van der Waals surface area contributed by atoms with Crippen LogP contribution in [0.4, 0.5) is 18.9 Å². The van der Waals surface area contributed by atoms with Crippen molar-refractivity contribution in [3.05, 3.63) is 75.0 Å². The number of aliphatic hydroxyl groups is 1. The Morgan fingerprint density at radius 2 is 1.84 bits per heavy atom. The van der Waals surface area contributed by atoms with E-state index in [9.17, 15) is 27.9 Å². The van der Waals surface area contributed by atoms with E-state index in [0.29, 0.717) is 22.9 Å². The summed E-state index contributed by atoms with van der Waals surface area (Å²) in [7, 11) is 0. The maximum Gasteiger partial charge on any atom is 0.418 e. The van der Waals surface area contributed by atoms with Gasteiger partial charge in [0, 0.05) is 6.54 Å². The molecule has 0 saturated heterocycles. The van der Waals surface area contributed by atoms with Gasteiger partial charge in [-0.3, -0.25) is 9.59 Å². The van der Waals surface area contributed by atoms with Crippen LogP contribution < -0.4 is 10.2 Å². The summed E-state index contributed by atoms with van der Waals surface area (Å²) in [6, 6.07) is 9.67. The van der Waals surface area contributed by atoms with Crippen LogP contribution in [0.3, 0.4) is 0 Å². The largest absolute Gasteiger partial charge is 0.503 e. The molecule has 2 amide bonds. The Kier molecular flexibility index (Phi) is 6.81. The van der Waals surface area contributed by atoms with Crippen molar-refractivity contribution in [3.63, 3.8) is 0 Å². The molecule has 0 atom stereocenters. The lowest BCUT2D eigenvalue weighted by molar-refractivity contribution is -0.137. The molecule has 0 radical (unpaired) electrons. The standard InChI is InChI=1S/C21H17Cl2F3N2O3/c22-15-8-7-12(10-16(15)23)4-3-9-27-19(30)13-11-28(20(31)18(13)29)17-6-2-1-5-14(17)21(24,25)26/h1-2,5-8,10,29H,3-4,9,11H2,(H,27,30). The van der Waals surface area contributed by atoms with Gasteiger partial charge >= 0.3 is 6.18 Å². The molecular weight excluding hydrogens is 456 g/mol. The molecule has 0 bridgehead atoms. The van der Waals surface area contributed by atoms with Crippen molar-refractivity contribution in [1.29, 1.82) is 0 Å². The molecule has 5 nitrogen and oxygen atoms in total. The van der Waals surface area contributed by atoms with E-state index in [1.165, 1.54) is 12.1 Å². The predicted molar refractivity (Wildman–Crippen MR) is 111 cm³/mol. The number of benzene rings is 2. The fourth-order valence-electron chi connectivity index (χ4n) is 3.18. The van der Waals surface area contributed by atoms with E-state index in [4.69, 9.17) is 23.2 Å². The van der Waals surface area contributed by atoms with E-state index in [1.54, 1.807) is 18.2 Å². The quantitative estimate of drug-likeness (QED) is 0.586. The number of hydrogen-bond donors (Lipinski definition) is 2. The topological polar surface area (TPSA) is 69.6 Å². The number of nitrogens with zero attached hydrogens (tertiary/aromatic N) is 1. The second-order valence-electron chi connectivity index (χ2n) is 6.84. The van der Waals surface area contributed by atoms with Gasteiger partial charge in [-0.25, -0.2) is 0 Å². The van der Waals surface area contributed by atoms with E-state index < -0.39 is 41.5 Å². The third kappa shape index (κ3) is 5.14. The van der Waals surface area contributed by atoms with Crippen molar-refractivity contribution in [2.24, 2.45) is 0 Å². The van der Waals surface area contributed by atoms with Gasteiger partial charge in [0.05, 0.1) is 33.4 Å². The predicted octanol–water partition coefficient (Wildman–Crippen LogP) is 4.92. The lowest BCUT2D eigenvalue weighted by Gasteiger charge is -2.21. The number of alkyl halides is 3. The van der Waals surface area contributed by atoms with Crippen molar-refractivity contribution in [2.75, 3.05) is 18.0 Å². The highest BCUT2D eigenvalue weighted by molar-refractivity contribution is 6.42. The van der Waals surface area contributed by atoms with Crippen molar-refractivity contribution >= 4 is 40.7 Å². The molecule has 0 spiro atoms. The Labute approximate surface area is 186 Å². The van der Waals surface area contributed by atoms with Gasteiger partial charge in [0.25, 0.3) is 11.8 Å². The molecule has 1 aliphatic heterocycles. The molecule has 31 heavy (non-hydrogen) atoms. The van der Waals surface area contributed by atoms with Crippen LogP contribution in [-0.2, 0) is 22.2 Å². The van der Waals surface area contributed by atoms with Crippen molar-refractivity contribution in [1.82, 2.24) is 5.32 Å². The highest BCUT2D eigenvalue weighted by Gasteiger charge is 2.40. The third-order valence-electron chi connectivity index (χ3n) is 4.74. The lowest BCUT2D eigenvalue weighted by atomic mass is 10.1. The lowest BCUT2D eigenvalue weighted by Crippen LogP contribution is -2.32. The molecule has 2 aromatic rings. The summed E-state index contributed by atoms with van der Waals surface area (Å²) >= 11 is 11.8. The first-order valence-electron chi connectivity index (χ1n) is 9.22. The average Bonchev–Trinajstić information content (AvgIpc) is 3.02. The minimum absolute atomic E-state index is 0.225. The number of aryl methyl sites for hydroxylation is 1. The molecule has 1 heterocycles. The van der Waals surface area contributed by atoms with Crippen LogP contribution in [0.2, 0.25) is 10.0 Å². The van der Waals surface area contributed by atoms with Gasteiger partial charge < -0.3 is 15.3 Å². The first kappa shape index (κ1) is 23.0. The zero-order valence-electron chi connectivity index (χ0n) is 16.0. The Hall–Kier alpha value is -2.71. The molecule has 3 rings (SSSR count). The van der Waals surface area contributed by atoms with Crippen molar-refractivity contribution in [3.8, 4) is 0 Å². The first-order valence-corrected chi connectivity index (χ1v) is 9.97. The van der Waals surface area contributed by atoms with Crippen LogP contribution in [0.15, 0.2) is 53.8 Å². The van der Waals surface area contributed by atoms with Gasteiger partial charge in [-0.05, 0) is 42.7 Å². The number of halogens is 5. The second-order valence-corrected chi connectivity index (χ2v) is 7.66. The number of amides is 2. The summed E-state index contributed by atoms with van der Waals surface area (Å²) in [5.74, 6) is -2.64. The monoisotopic (exact) mass is 472 g/mol. The summed E-state index contributed by atoms with van der Waals surface area (Å²) in [6.45, 7) is -0.237. The van der Waals surface area contributed by atoms with Crippen molar-refractivity contribution < 1.29 is 27.9 Å². The van der Waals surface area contributed by atoms with Crippen molar-refractivity contribution in [2.45, 2.75) is 19.0 Å². The molecule has 0 fully saturated rings. The summed E-state index contributed by atoms with van der Waals surface area (Å²) in [4.78, 5) is 25.5. The van der Waals surface area contributed by atoms with Crippen LogP contribution in [0.5, 0.6) is 0 Å². The van der Waals surface area contributed by atoms with E-state index >= 15 is 0 Å². The van der Waals surface area contributed by atoms with Crippen LogP contribution in [-0.4, -0.2) is 30.0 Å². The molecule has 2 N–H and O–H groups in total. The number of carbonyl (C=O) groups is 2. The van der Waals surface area contributed by atoms with Gasteiger partial charge in [-0.15, -0.1) is 0 Å². The smallest absolute Gasteiger partial charge is 0.418 e. The summed E-state index contributed by atoms with van der Waals surface area (Å²) < 4.78 is 39.8. The van der Waals surface area contributed by atoms with E-state index in [0.717, 1.165) is 22.6 Å². The zero-order valence-corrected chi connectivity index (χ0v) is 17.5. The fraction of sp³-hybridized carbons (Fsp3) is 0.238. The highest BCUT2D eigenvalue weighted by Crippen LogP contribution is 2.38. The fourth-order valence-corrected chi connectivity index (χ4v) is 3.50. The average molecular weight is 473 g/mol. The van der Waals surface area contributed by atoms with E-state index in [-0.39, 0.29) is 12.1 Å². The number of aliphatic hydroxyl groups excluding tert-OH is 1. The number of rotatable bonds is 6. The minimum Gasteiger partial charge on any atom is -0.503 e. The molecule has 164 valence electrons. The summed E-state index contributed by atoms with van der Waals surface area (Å²) in [5.41, 5.74) is -0.818. The van der Waals surface area contributed by atoms with Gasteiger partial charge in [-0.2, -0.15) is 13.2 Å². The Balaban J connectivity index is 1.62. The number of nitrogens with one attached hydrogen (secondary N) is 1. The summed E-state index contributed by atoms with van der Waals surface area (Å²) in [5, 5.41) is 13.5. The number of hydrogen-bond acceptors (Lipinski definition) is 3. The molecular formula is C21H17Cl2F3N2O3. The Morgan fingerprint density at radius 3 is 2.52 bits per heavy atom. The Bertz CT molecular complexity index is 1050. The number of anilines is 1. The molecule has 0 saturated carbocycles. The van der Waals surface area contributed by atoms with E-state index in [1.807, 2.05) is 0 Å². The zero-order chi connectivity index (χ0) is 22.8. The minimum atomic E-state index is -4.69. The van der Waals surface area contributed by atoms with E-state index in [2.05, 4.69) is 5.32 Å². The SMILES string of the molecule is O=C(NCCCc1ccc(Cl)c(Cl)c1)C1=C(O)C(=O)N(c2ccccc2C(F)(F)F)C1. The molecule has 0 aromatic heterocycles. The van der Waals surface area contributed by atoms with Crippen LogP contribution >= 0.6 is 23.2 Å². The maximum absolute atomic E-state index is 13.3. The normalized spacial score (nSPS) is 14.4. The summed E-state index contributed by atoms with van der Waals surface area (Å²) in [6.07, 6.45) is -3.57. The van der Waals surface area contributed by atoms with Gasteiger partial charge in [-0.1, -0.05) is 41.4 Å². The van der Waals surface area contributed by atoms with Gasteiger partial charge in [0.2, 0.25) is 0 Å². The van der Waals surface area contributed by atoms with Crippen LogP contribution in [0.25, 0.3) is 0 Å². The molecule has 0 unspecified atom stereocenters. The highest BCUT2D eigenvalue weighted by atomic mass is 35.5. The second kappa shape index (κ2) is 9.20. The molecule has 1 aliphatic rings. The first-order chi connectivity index (χ1) is 14.6. The van der Waals surface area contributed by atoms with Gasteiger partial charge in [0.15, 0.2) is 5.76 Å². The van der Waals surface area contributed by atoms with Gasteiger partial charge in [0.1, 0.15) is 0 Å². The molecule has 10 heteroatoms. The number of carbonyl (C=O) groups excluding carboxylic acids is 2. The van der Waals surface area contributed by atoms with Crippen LogP contribution in [0.1, 0.15) is 17.5 Å². The number of para-hydroxylation sites is 1.